The lowest BCUT2D eigenvalue weighted by molar-refractivity contribution is -0.123. The molecule has 7 heterocycles. The number of allylic oxidation sites excluding steroid dienone is 2. The van der Waals surface area contributed by atoms with Crippen LogP contribution in [-0.2, 0) is 62.1 Å². The van der Waals surface area contributed by atoms with E-state index in [1.54, 1.807) is 48.5 Å². The van der Waals surface area contributed by atoms with Crippen molar-refractivity contribution in [3.8, 4) is 5.88 Å². The Morgan fingerprint density at radius 1 is 0.813 bits per heavy atom. The molecule has 17 rings (SSSR count). The van der Waals surface area contributed by atoms with Gasteiger partial charge in [0.15, 0.2) is 32.3 Å². The molecule has 4 amide bonds. The van der Waals surface area contributed by atoms with Crippen LogP contribution in [-0.4, -0.2) is 122 Å². The van der Waals surface area contributed by atoms with Gasteiger partial charge in [-0.15, -0.1) is 0 Å². The van der Waals surface area contributed by atoms with E-state index in [0.29, 0.717) is 73.9 Å². The zero-order valence-electron chi connectivity index (χ0n) is 57.4. The Morgan fingerprint density at radius 2 is 1.56 bits per heavy atom. The van der Waals surface area contributed by atoms with Crippen molar-refractivity contribution in [2.45, 2.75) is 66.0 Å². The van der Waals surface area contributed by atoms with Crippen molar-refractivity contribution in [1.29, 1.82) is 0 Å². The molecule has 538 valence electrons. The number of carbonyl (C=O) groups is 8. The van der Waals surface area contributed by atoms with Crippen LogP contribution < -0.4 is 30.3 Å². The van der Waals surface area contributed by atoms with Gasteiger partial charge in [0.1, 0.15) is 29.3 Å². The summed E-state index contributed by atoms with van der Waals surface area (Å²) in [5.41, 5.74) is 9.72. The quantitative estimate of drug-likeness (QED) is 0.0205. The number of ketones is 3. The minimum absolute atomic E-state index is 0.00685. The van der Waals surface area contributed by atoms with E-state index in [1.165, 1.54) is 96.2 Å². The highest BCUT2D eigenvalue weighted by Crippen LogP contribution is 2.44. The van der Waals surface area contributed by atoms with Crippen molar-refractivity contribution < 1.29 is 69.7 Å². The number of imide groups is 1. The maximum absolute atomic E-state index is 14.1. The highest BCUT2D eigenvalue weighted by molar-refractivity contribution is 8.01. The van der Waals surface area contributed by atoms with Crippen LogP contribution >= 0.6 is 12.2 Å². The molecule has 24 nitrogen and oxygen atoms in total. The van der Waals surface area contributed by atoms with E-state index in [4.69, 9.17) is 25.8 Å². The summed E-state index contributed by atoms with van der Waals surface area (Å²) in [7, 11) is -2.98. The number of thiocarbonyl (C=S) groups is 1. The summed E-state index contributed by atoms with van der Waals surface area (Å²) >= 11 is 5.10. The number of amides is 4. The van der Waals surface area contributed by atoms with Gasteiger partial charge in [-0.05, 0) is 165 Å². The second-order valence-corrected chi connectivity index (χ2v) is 30.5. The minimum Gasteiger partial charge on any atom is -0.481 e. The zero-order valence-corrected chi connectivity index (χ0v) is 59.9. The Hall–Kier alpha value is -12.6. The molecular formula is C80H65N9O15S3. The van der Waals surface area contributed by atoms with E-state index < -0.39 is 60.7 Å². The summed E-state index contributed by atoms with van der Waals surface area (Å²) in [6.45, 7) is 3.36. The molecule has 7 aromatic carbocycles. The number of aromatic nitrogens is 3. The Morgan fingerprint density at radius 3 is 2.30 bits per heavy atom. The fraction of sp³-hybridized carbons (Fsp3) is 0.150. The van der Waals surface area contributed by atoms with Gasteiger partial charge in [-0.25, -0.2) is 32.3 Å². The molecule has 6 aliphatic rings. The number of methoxy groups -OCH3 is 1. The van der Waals surface area contributed by atoms with Crippen molar-refractivity contribution in [2.75, 3.05) is 41.0 Å². The summed E-state index contributed by atoms with van der Waals surface area (Å²) in [6.07, 6.45) is 17.7. The summed E-state index contributed by atoms with van der Waals surface area (Å²) in [4.78, 5) is 111. The lowest BCUT2D eigenvalue weighted by atomic mass is 9.77. The molecule has 107 heavy (non-hydrogen) atoms. The minimum atomic E-state index is -3.63. The number of furan rings is 2. The number of sulfone groups is 1. The second-order valence-electron chi connectivity index (χ2n) is 26.1. The van der Waals surface area contributed by atoms with Gasteiger partial charge in [-0.1, -0.05) is 60.2 Å². The van der Waals surface area contributed by atoms with Gasteiger partial charge in [-0.2, -0.15) is 0 Å². The smallest absolute Gasteiger partial charge is 0.335 e. The molecule has 0 saturated carbocycles. The molecule has 2 unspecified atom stereocenters. The van der Waals surface area contributed by atoms with E-state index in [-0.39, 0.29) is 50.1 Å². The number of H-pyrrole nitrogens is 1. The molecule has 4 aromatic heterocycles. The number of ether oxygens (including phenoxy) is 1. The third-order valence-corrected chi connectivity index (χ3v) is 22.5. The zero-order chi connectivity index (χ0) is 75.2. The van der Waals surface area contributed by atoms with Crippen LogP contribution in [0.2, 0.25) is 0 Å². The van der Waals surface area contributed by atoms with E-state index in [9.17, 15) is 56.1 Å². The number of hydrogen-bond donors (Lipinski definition) is 6. The molecule has 0 radical (unpaired) electrons. The van der Waals surface area contributed by atoms with E-state index >= 15 is 0 Å². The summed E-state index contributed by atoms with van der Waals surface area (Å²) in [5, 5.41) is 22.8. The predicted molar refractivity (Wildman–Crippen MR) is 410 cm³/mol. The Labute approximate surface area is 616 Å². The van der Waals surface area contributed by atoms with Crippen molar-refractivity contribution in [2.24, 2.45) is 0 Å². The largest absolute Gasteiger partial charge is 0.481 e. The third-order valence-electron chi connectivity index (χ3n) is 19.0. The van der Waals surface area contributed by atoms with Crippen molar-refractivity contribution in [3.05, 3.63) is 251 Å². The molecule has 0 bridgehead atoms. The highest BCUT2D eigenvalue weighted by Gasteiger charge is 2.37. The van der Waals surface area contributed by atoms with Crippen LogP contribution in [0.5, 0.6) is 5.88 Å². The number of hydrogen-bond acceptors (Lipinski definition) is 18. The number of aromatic amines is 1. The summed E-state index contributed by atoms with van der Waals surface area (Å²) < 4.78 is 58.9. The average Bonchev–Trinajstić information content (AvgIpc) is 1.64. The van der Waals surface area contributed by atoms with Gasteiger partial charge in [0.2, 0.25) is 11.8 Å². The SMILES string of the molecule is C=S(=O)(Nc1cc2c3c(oc2c2ccccc12)CCCC3=O)c1ccc2c3c(cccc13)C(=O)N2.CC1=C[C@@H]2c3cccc4[nH]cc(c34)CC2N(C)C1.COc1cc(CS(=O)(=O)c2ccc(NC(=S)NC(=O)/C=C/c3ccco3)cc2)ncn1.O=C(O)c1cc(C2C(=O)C=CC2=O)cc(N2C(=O)C=CC2=O)c1. The monoisotopic (exact) mass is 1490 g/mol. The number of carboxylic acid groups (broad SMARTS) is 1. The van der Waals surface area contributed by atoms with Crippen molar-refractivity contribution in [1.82, 2.24) is 25.2 Å². The Balaban J connectivity index is 0.000000123. The van der Waals surface area contributed by atoms with Crippen LogP contribution in [0.25, 0.3) is 49.5 Å². The van der Waals surface area contributed by atoms with Crippen LogP contribution in [0.3, 0.4) is 0 Å². The number of likely N-dealkylation sites (N-methyl/N-ethyl adjacent to an activating group) is 1. The first-order valence-electron chi connectivity index (χ1n) is 33.6. The fourth-order valence-electron chi connectivity index (χ4n) is 14.2. The molecular weight excluding hydrogens is 1420 g/mol. The molecule has 0 fully saturated rings. The van der Waals surface area contributed by atoms with Gasteiger partial charge in [0.05, 0.1) is 66.8 Å². The molecule has 27 heteroatoms. The van der Waals surface area contributed by atoms with Crippen molar-refractivity contribution >= 4 is 162 Å². The number of Topliss-reactive ketones (excluding diaryl/α,β-unsaturated/α-hetero) is 1. The number of aromatic carboxylic acids is 1. The van der Waals surface area contributed by atoms with Gasteiger partial charge >= 0.3 is 5.97 Å². The van der Waals surface area contributed by atoms with E-state index in [1.807, 2.05) is 36.4 Å². The Bertz CT molecular complexity index is 5880. The number of nitrogens with zero attached hydrogens (tertiary/aromatic N) is 4. The highest BCUT2D eigenvalue weighted by atomic mass is 32.2. The number of benzene rings is 7. The standard InChI is InChI=1S/C28H20N2O4S.C20H18N4O5S2.C16H18N2.C16H9NO6/c1-35(33,24-13-12-20-25-17(24)8-4-9-18(25)28(32)29-20)30-21-14-19-26-22(31)10-5-11-23(26)34-27(19)16-7-3-2-6-15(16)21;1-28-19-11-15(21-13-22-19)12-31(26,27)17-7-4-14(5-8-17)23-20(30)24-18(25)9-6-16-3-2-10-29-16;1-10-6-13-12-4-3-5-14-16(12)11(8-17-14)7-15(13)18(2)9-10;18-11-1-2-12(19)15(11)8-5-9(16(22)23)7-10(6-8)17-13(20)3-4-14(17)21/h2-4,6-9,12-14H,1,5,10-11H2,(H,29,32)(H,30,33);2-11,13H,12H2,1H3,(H2,23,24,25,30);3-6,8,13,15,17H,7,9H2,1-2H3;1-7,15H,(H,22,23)/b;9-6+;;/t;;13-,15?;/m..1./s1. The number of rotatable bonds is 13. The lowest BCUT2D eigenvalue weighted by Crippen LogP contribution is -2.43. The molecule has 6 N–H and O–H groups in total. The normalized spacial score (nSPS) is 17.0. The molecule has 3 aliphatic carbocycles. The van der Waals surface area contributed by atoms with Gasteiger partial charge in [0, 0.05) is 117 Å². The van der Waals surface area contributed by atoms with Crippen LogP contribution in [0, 0.1) is 0 Å². The molecule has 0 saturated heterocycles. The van der Waals surface area contributed by atoms with Crippen molar-refractivity contribution in [3.63, 3.8) is 0 Å². The molecule has 11 aromatic rings. The van der Waals surface area contributed by atoms with Crippen LogP contribution in [0.4, 0.5) is 22.7 Å². The lowest BCUT2D eigenvalue weighted by Gasteiger charge is -2.40. The fourth-order valence-corrected chi connectivity index (χ4v) is 17.2. The molecule has 3 aliphatic heterocycles. The first-order chi connectivity index (χ1) is 51.4. The van der Waals surface area contributed by atoms with Crippen LogP contribution in [0.15, 0.2) is 219 Å². The summed E-state index contributed by atoms with van der Waals surface area (Å²) in [6, 6.07) is 40.3. The maximum atomic E-state index is 14.1. The third kappa shape index (κ3) is 14.5. The topological polar surface area (TPSA) is 340 Å². The molecule has 3 atom stereocenters. The number of nitrogens with one attached hydrogen (secondary N) is 5. The number of carbonyl (C=O) groups excluding carboxylic acids is 7. The maximum Gasteiger partial charge on any atom is 0.335 e. The molecule has 0 spiro atoms. The summed E-state index contributed by atoms with van der Waals surface area (Å²) in [5.74, 6) is 0.734. The number of fused-ring (bicyclic) bond motifs is 7. The Kier molecular flexibility index (Phi) is 19.5. The van der Waals surface area contributed by atoms with Gasteiger partial charge < -0.3 is 39.0 Å². The average molecular weight is 1490 g/mol. The second kappa shape index (κ2) is 29.2. The first-order valence-corrected chi connectivity index (χ1v) is 37.4. The first kappa shape index (κ1) is 71.4. The number of carboxylic acids is 1. The van der Waals surface area contributed by atoms with E-state index in [2.05, 4.69) is 90.8 Å². The van der Waals surface area contributed by atoms with Crippen LogP contribution in [0.1, 0.15) is 96.6 Å². The van der Waals surface area contributed by atoms with Gasteiger partial charge in [0.25, 0.3) is 17.7 Å². The van der Waals surface area contributed by atoms with E-state index in [0.717, 1.165) is 82.0 Å². The predicted octanol–water partition coefficient (Wildman–Crippen LogP) is 12.2. The number of aryl methyl sites for hydroxylation is 1. The number of anilines is 4. The van der Waals surface area contributed by atoms with Gasteiger partial charge in [-0.3, -0.25) is 43.8 Å².